The molecule has 7 heteroatoms. The van der Waals surface area contributed by atoms with Crippen molar-refractivity contribution in [2.75, 3.05) is 39.2 Å². The van der Waals surface area contributed by atoms with E-state index in [2.05, 4.69) is 45.3 Å². The number of methoxy groups -OCH3 is 1. The Morgan fingerprint density at radius 1 is 1.20 bits per heavy atom. The van der Waals surface area contributed by atoms with Crippen molar-refractivity contribution in [2.45, 2.75) is 12.5 Å². The van der Waals surface area contributed by atoms with E-state index in [1.807, 2.05) is 24.3 Å². The van der Waals surface area contributed by atoms with E-state index in [0.717, 1.165) is 47.9 Å². The smallest absolute Gasteiger partial charge is 0.200 e. The molecule has 0 saturated carbocycles. The van der Waals surface area contributed by atoms with Crippen molar-refractivity contribution in [3.63, 3.8) is 0 Å². The molecule has 1 fully saturated rings. The number of rotatable bonds is 4. The first kappa shape index (κ1) is 15.8. The number of ether oxygens (including phenoxy) is 1. The molecule has 1 saturated heterocycles. The van der Waals surface area contributed by atoms with Crippen molar-refractivity contribution < 1.29 is 4.74 Å². The topological polar surface area (TPSA) is 58.8 Å². The zero-order valence-corrected chi connectivity index (χ0v) is 14.8. The molecule has 0 N–H and O–H groups in total. The van der Waals surface area contributed by atoms with Crippen molar-refractivity contribution in [1.82, 2.24) is 24.7 Å². The van der Waals surface area contributed by atoms with Crippen LogP contribution in [-0.2, 0) is 0 Å². The van der Waals surface area contributed by atoms with Crippen LogP contribution in [0.4, 0.5) is 5.69 Å². The fourth-order valence-electron chi connectivity index (χ4n) is 3.33. The first-order chi connectivity index (χ1) is 12.2. The average Bonchev–Trinajstić information content (AvgIpc) is 3.30. The Labute approximate surface area is 146 Å². The van der Waals surface area contributed by atoms with E-state index in [4.69, 9.17) is 4.74 Å². The van der Waals surface area contributed by atoms with Gasteiger partial charge in [0, 0.05) is 24.7 Å². The van der Waals surface area contributed by atoms with Crippen LogP contribution in [0, 0.1) is 0 Å². The number of hydrogen-bond acceptors (Lipinski definition) is 6. The Morgan fingerprint density at radius 2 is 2.00 bits per heavy atom. The predicted molar refractivity (Wildman–Crippen MR) is 97.1 cm³/mol. The second kappa shape index (κ2) is 6.33. The lowest BCUT2D eigenvalue weighted by atomic mass is 10.1. The van der Waals surface area contributed by atoms with E-state index in [-0.39, 0.29) is 0 Å². The first-order valence-corrected chi connectivity index (χ1v) is 8.42. The molecule has 1 aromatic carbocycles. The number of likely N-dealkylation sites (N-methyl/N-ethyl adjacent to an activating group) is 1. The van der Waals surface area contributed by atoms with Crippen LogP contribution in [0.25, 0.3) is 16.9 Å². The average molecular weight is 338 g/mol. The number of benzene rings is 1. The van der Waals surface area contributed by atoms with Gasteiger partial charge in [-0.05, 0) is 50.8 Å². The molecule has 0 aliphatic carbocycles. The number of anilines is 1. The van der Waals surface area contributed by atoms with Crippen molar-refractivity contribution in [3.05, 3.63) is 36.7 Å². The molecular weight excluding hydrogens is 316 g/mol. The predicted octanol–water partition coefficient (Wildman–Crippen LogP) is 1.94. The number of hydrogen-bond donors (Lipinski definition) is 0. The number of fused-ring (bicyclic) bond motifs is 1. The van der Waals surface area contributed by atoms with Gasteiger partial charge >= 0.3 is 0 Å². The Kier molecular flexibility index (Phi) is 4.01. The third-order valence-electron chi connectivity index (χ3n) is 4.87. The molecule has 0 amide bonds. The van der Waals surface area contributed by atoms with Crippen LogP contribution < -0.4 is 9.64 Å². The molecule has 25 heavy (non-hydrogen) atoms. The van der Waals surface area contributed by atoms with Crippen LogP contribution in [0.3, 0.4) is 0 Å². The monoisotopic (exact) mass is 338 g/mol. The molecule has 3 heterocycles. The molecule has 1 unspecified atom stereocenters. The Bertz CT molecular complexity index is 873. The van der Waals surface area contributed by atoms with Crippen LogP contribution in [0.2, 0.25) is 0 Å². The molecule has 130 valence electrons. The molecule has 1 aliphatic heterocycles. The Morgan fingerprint density at radius 3 is 2.68 bits per heavy atom. The maximum absolute atomic E-state index is 5.24. The summed E-state index contributed by atoms with van der Waals surface area (Å²) in [6, 6.07) is 10.6. The summed E-state index contributed by atoms with van der Waals surface area (Å²) in [6.07, 6.45) is 2.80. The van der Waals surface area contributed by atoms with Gasteiger partial charge in [-0.25, -0.2) is 0 Å². The summed E-state index contributed by atoms with van der Waals surface area (Å²) in [4.78, 5) is 4.66. The van der Waals surface area contributed by atoms with Crippen molar-refractivity contribution in [2.24, 2.45) is 0 Å². The molecule has 0 radical (unpaired) electrons. The van der Waals surface area contributed by atoms with Crippen LogP contribution in [-0.4, -0.2) is 65.0 Å². The molecule has 0 bridgehead atoms. The summed E-state index contributed by atoms with van der Waals surface area (Å²) in [7, 11) is 5.94. The molecule has 0 spiro atoms. The quantitative estimate of drug-likeness (QED) is 0.725. The number of aromatic nitrogens is 4. The third-order valence-corrected chi connectivity index (χ3v) is 4.87. The van der Waals surface area contributed by atoms with E-state index in [1.165, 1.54) is 0 Å². The minimum absolute atomic E-state index is 0.556. The summed E-state index contributed by atoms with van der Waals surface area (Å²) < 4.78 is 7.01. The van der Waals surface area contributed by atoms with Gasteiger partial charge < -0.3 is 14.5 Å². The van der Waals surface area contributed by atoms with Crippen molar-refractivity contribution >= 4 is 11.3 Å². The lowest BCUT2D eigenvalue weighted by Gasteiger charge is -2.22. The highest BCUT2D eigenvalue weighted by atomic mass is 16.5. The maximum atomic E-state index is 5.24. The minimum Gasteiger partial charge on any atom is -0.497 e. The molecule has 1 aliphatic rings. The second-order valence-electron chi connectivity index (χ2n) is 6.59. The van der Waals surface area contributed by atoms with Crippen molar-refractivity contribution in [1.29, 1.82) is 0 Å². The normalized spacial score (nSPS) is 17.6. The van der Waals surface area contributed by atoms with Gasteiger partial charge in [-0.3, -0.25) is 0 Å². The zero-order chi connectivity index (χ0) is 17.4. The van der Waals surface area contributed by atoms with Crippen LogP contribution >= 0.6 is 0 Å². The lowest BCUT2D eigenvalue weighted by molar-refractivity contribution is 0.315. The van der Waals surface area contributed by atoms with E-state index < -0.39 is 0 Å². The zero-order valence-electron chi connectivity index (χ0n) is 14.8. The second-order valence-corrected chi connectivity index (χ2v) is 6.59. The largest absolute Gasteiger partial charge is 0.497 e. The highest BCUT2D eigenvalue weighted by Gasteiger charge is 2.26. The highest BCUT2D eigenvalue weighted by molar-refractivity contribution is 5.74. The summed E-state index contributed by atoms with van der Waals surface area (Å²) in [6.45, 7) is 2.00. The molecule has 3 aromatic rings. The molecule has 7 nitrogen and oxygen atoms in total. The Hall–Kier alpha value is -2.67. The fourth-order valence-corrected chi connectivity index (χ4v) is 3.33. The summed E-state index contributed by atoms with van der Waals surface area (Å²) in [5, 5.41) is 13.0. The van der Waals surface area contributed by atoms with Gasteiger partial charge in [0.1, 0.15) is 12.1 Å². The van der Waals surface area contributed by atoms with Gasteiger partial charge in [0.2, 0.25) is 5.65 Å². The summed E-state index contributed by atoms with van der Waals surface area (Å²) in [5.74, 6) is 0.836. The molecule has 4 rings (SSSR count). The SMILES string of the molecule is COc1ccc(-c2cc(N3CCC(N(C)C)C3)c3nncn3n2)cc1. The summed E-state index contributed by atoms with van der Waals surface area (Å²) in [5.41, 5.74) is 3.83. The van der Waals surface area contributed by atoms with E-state index in [9.17, 15) is 0 Å². The van der Waals surface area contributed by atoms with Crippen LogP contribution in [0.1, 0.15) is 6.42 Å². The van der Waals surface area contributed by atoms with E-state index >= 15 is 0 Å². The van der Waals surface area contributed by atoms with Gasteiger partial charge in [0.15, 0.2) is 0 Å². The lowest BCUT2D eigenvalue weighted by Crippen LogP contribution is -2.31. The molecular formula is C18H22N6O. The number of nitrogens with zero attached hydrogens (tertiary/aromatic N) is 6. The Balaban J connectivity index is 1.74. The first-order valence-electron chi connectivity index (χ1n) is 8.42. The highest BCUT2D eigenvalue weighted by Crippen LogP contribution is 2.30. The van der Waals surface area contributed by atoms with Crippen LogP contribution in [0.5, 0.6) is 5.75 Å². The fraction of sp³-hybridized carbons (Fsp3) is 0.389. The van der Waals surface area contributed by atoms with Gasteiger partial charge in [0.05, 0.1) is 18.5 Å². The molecule has 1 atom stereocenters. The van der Waals surface area contributed by atoms with Gasteiger partial charge in [0.25, 0.3) is 0 Å². The van der Waals surface area contributed by atoms with E-state index in [0.29, 0.717) is 6.04 Å². The van der Waals surface area contributed by atoms with E-state index in [1.54, 1.807) is 18.0 Å². The van der Waals surface area contributed by atoms with Gasteiger partial charge in [-0.1, -0.05) is 0 Å². The third kappa shape index (κ3) is 2.91. The standard InChI is InChI=1S/C18H22N6O/c1-22(2)14-8-9-23(11-14)17-10-16(21-24-12-19-20-18(17)24)13-4-6-15(25-3)7-5-13/h4-7,10,12,14H,8-9,11H2,1-3H3. The van der Waals surface area contributed by atoms with Gasteiger partial charge in [-0.2, -0.15) is 9.61 Å². The minimum atomic E-state index is 0.556. The van der Waals surface area contributed by atoms with Gasteiger partial charge in [-0.15, -0.1) is 10.2 Å². The van der Waals surface area contributed by atoms with Crippen LogP contribution in [0.15, 0.2) is 36.7 Å². The summed E-state index contributed by atoms with van der Waals surface area (Å²) >= 11 is 0. The molecule has 2 aromatic heterocycles. The van der Waals surface area contributed by atoms with Crippen molar-refractivity contribution in [3.8, 4) is 17.0 Å². The maximum Gasteiger partial charge on any atom is 0.200 e.